The molecule has 1 amide bonds. The molecule has 0 saturated carbocycles. The lowest BCUT2D eigenvalue weighted by Crippen LogP contribution is -2.44. The lowest BCUT2D eigenvalue weighted by molar-refractivity contribution is 0.0470. The Hall–Kier alpha value is -2.46. The Kier molecular flexibility index (Phi) is 6.40. The van der Waals surface area contributed by atoms with Gasteiger partial charge in [0.1, 0.15) is 19.3 Å². The largest absolute Gasteiger partial charge is 0.486 e. The summed E-state index contributed by atoms with van der Waals surface area (Å²) in [6, 6.07) is 7.47. The van der Waals surface area contributed by atoms with E-state index in [4.69, 9.17) is 19.5 Å². The Morgan fingerprint density at radius 3 is 2.72 bits per heavy atom. The van der Waals surface area contributed by atoms with Crippen molar-refractivity contribution in [2.45, 2.75) is 38.2 Å². The van der Waals surface area contributed by atoms with Crippen molar-refractivity contribution in [3.8, 4) is 17.6 Å². The lowest BCUT2D eigenvalue weighted by atomic mass is 9.91. The number of rotatable bonds is 7. The van der Waals surface area contributed by atoms with Gasteiger partial charge in [0, 0.05) is 19.2 Å². The molecule has 0 bridgehead atoms. The predicted octanol–water partition coefficient (Wildman–Crippen LogP) is 3.03. The first kappa shape index (κ1) is 19.8. The summed E-state index contributed by atoms with van der Waals surface area (Å²) >= 11 is 0. The van der Waals surface area contributed by atoms with Gasteiger partial charge in [-0.05, 0) is 50.4 Å². The summed E-state index contributed by atoms with van der Waals surface area (Å²) in [5.74, 6) is 2.18. The van der Waals surface area contributed by atoms with Gasteiger partial charge in [-0.1, -0.05) is 12.8 Å². The van der Waals surface area contributed by atoms with E-state index >= 15 is 0 Å². The number of unbranched alkanes of at least 4 members (excludes halogenated alkanes) is 1. The van der Waals surface area contributed by atoms with E-state index in [1.54, 1.807) is 12.1 Å². The maximum Gasteiger partial charge on any atom is 0.409 e. The van der Waals surface area contributed by atoms with Crippen LogP contribution in [-0.4, -0.2) is 67.9 Å². The molecule has 0 unspecified atom stereocenters. The minimum Gasteiger partial charge on any atom is -0.486 e. The minimum absolute atomic E-state index is 0.00760. The summed E-state index contributed by atoms with van der Waals surface area (Å²) in [5, 5.41) is 9.06. The number of carbonyl (C=O) groups excluding carboxylic acids is 1. The van der Waals surface area contributed by atoms with E-state index < -0.39 is 0 Å². The highest BCUT2D eigenvalue weighted by Gasteiger charge is 2.26. The topological polar surface area (TPSA) is 75.0 Å². The fourth-order valence-corrected chi connectivity index (χ4v) is 4.39. The first-order chi connectivity index (χ1) is 14.2. The number of cyclic esters (lactones) is 1. The molecule has 3 aliphatic heterocycles. The Labute approximate surface area is 172 Å². The number of piperidine rings is 1. The lowest BCUT2D eigenvalue weighted by Gasteiger charge is -2.35. The Morgan fingerprint density at radius 1 is 1.10 bits per heavy atom. The number of likely N-dealkylation sites (tertiary alicyclic amines) is 1. The molecule has 1 aromatic carbocycles. The van der Waals surface area contributed by atoms with Crippen LogP contribution < -0.4 is 9.47 Å². The van der Waals surface area contributed by atoms with Crippen molar-refractivity contribution in [1.29, 1.82) is 5.26 Å². The summed E-state index contributed by atoms with van der Waals surface area (Å²) in [7, 11) is 0. The second-order valence-corrected chi connectivity index (χ2v) is 8.17. The second kappa shape index (κ2) is 9.36. The van der Waals surface area contributed by atoms with E-state index in [0.717, 1.165) is 50.8 Å². The van der Waals surface area contributed by atoms with Gasteiger partial charge < -0.3 is 19.1 Å². The third-order valence-corrected chi connectivity index (χ3v) is 6.10. The third kappa shape index (κ3) is 5.13. The highest BCUT2D eigenvalue weighted by atomic mass is 16.6. The number of hydrogen-bond acceptors (Lipinski definition) is 6. The fraction of sp³-hybridized carbons (Fsp3) is 0.636. The number of nitriles is 1. The van der Waals surface area contributed by atoms with Crippen LogP contribution in [0.25, 0.3) is 0 Å². The maximum absolute atomic E-state index is 11.4. The number of fused-ring (bicyclic) bond motifs is 1. The predicted molar refractivity (Wildman–Crippen MR) is 107 cm³/mol. The van der Waals surface area contributed by atoms with Crippen molar-refractivity contribution in [3.05, 3.63) is 23.8 Å². The molecule has 1 atom stereocenters. The average Bonchev–Trinajstić information content (AvgIpc) is 3.16. The average molecular weight is 399 g/mol. The summed E-state index contributed by atoms with van der Waals surface area (Å²) in [6.07, 6.45) is 5.76. The van der Waals surface area contributed by atoms with Crippen LogP contribution in [0.4, 0.5) is 4.79 Å². The highest BCUT2D eigenvalue weighted by Crippen LogP contribution is 2.33. The van der Waals surface area contributed by atoms with Crippen molar-refractivity contribution in [3.63, 3.8) is 0 Å². The van der Waals surface area contributed by atoms with Gasteiger partial charge in [0.15, 0.2) is 11.5 Å². The van der Waals surface area contributed by atoms with Crippen LogP contribution in [-0.2, 0) is 4.74 Å². The molecular weight excluding hydrogens is 370 g/mol. The summed E-state index contributed by atoms with van der Waals surface area (Å²) in [5.41, 5.74) is 0.593. The van der Waals surface area contributed by atoms with E-state index in [1.807, 2.05) is 11.0 Å². The molecule has 1 aromatic rings. The summed E-state index contributed by atoms with van der Waals surface area (Å²) in [4.78, 5) is 15.7. The molecule has 0 radical (unpaired) electrons. The molecular formula is C22H29N3O4. The van der Waals surface area contributed by atoms with Crippen LogP contribution in [0.3, 0.4) is 0 Å². The molecule has 0 aromatic heterocycles. The van der Waals surface area contributed by atoms with E-state index in [9.17, 15) is 4.79 Å². The zero-order valence-corrected chi connectivity index (χ0v) is 16.8. The smallest absolute Gasteiger partial charge is 0.409 e. The van der Waals surface area contributed by atoms with Crippen molar-refractivity contribution in [2.75, 3.05) is 45.9 Å². The number of nitrogens with zero attached hydrogens (tertiary/aromatic N) is 3. The molecule has 4 rings (SSSR count). The number of benzene rings is 1. The van der Waals surface area contributed by atoms with Crippen LogP contribution >= 0.6 is 0 Å². The van der Waals surface area contributed by atoms with Crippen molar-refractivity contribution < 1.29 is 19.0 Å². The molecule has 29 heavy (non-hydrogen) atoms. The molecule has 0 N–H and O–H groups in total. The van der Waals surface area contributed by atoms with Gasteiger partial charge in [-0.3, -0.25) is 4.90 Å². The molecule has 0 spiro atoms. The molecule has 2 saturated heterocycles. The Balaban J connectivity index is 1.14. The van der Waals surface area contributed by atoms with Crippen molar-refractivity contribution >= 4 is 6.09 Å². The van der Waals surface area contributed by atoms with Gasteiger partial charge >= 0.3 is 6.09 Å². The number of carbonyl (C=O) groups is 1. The van der Waals surface area contributed by atoms with Crippen molar-refractivity contribution in [1.82, 2.24) is 9.80 Å². The fourth-order valence-electron chi connectivity index (χ4n) is 4.39. The Morgan fingerprint density at radius 2 is 1.97 bits per heavy atom. The van der Waals surface area contributed by atoms with E-state index in [2.05, 4.69) is 11.0 Å². The van der Waals surface area contributed by atoms with Crippen LogP contribution in [0.15, 0.2) is 18.2 Å². The standard InChI is InChI=1S/C22H29N3O4/c23-14-18-4-5-20-21(13-18)29-19(16-28-20)15-24-9-6-17(7-10-24)3-1-2-8-25-11-12-27-22(25)26/h4-5,13,17,19H,1-3,6-12,15-16H2/t19-/m0/s1. The quantitative estimate of drug-likeness (QED) is 0.656. The maximum atomic E-state index is 11.4. The number of amides is 1. The van der Waals surface area contributed by atoms with Crippen LogP contribution in [0.1, 0.15) is 37.7 Å². The minimum atomic E-state index is -0.154. The van der Waals surface area contributed by atoms with Crippen LogP contribution in [0, 0.1) is 17.2 Å². The zero-order valence-electron chi connectivity index (χ0n) is 16.8. The van der Waals surface area contributed by atoms with E-state index in [1.165, 1.54) is 25.7 Å². The molecule has 7 heteroatoms. The van der Waals surface area contributed by atoms with Crippen LogP contribution in [0.2, 0.25) is 0 Å². The molecule has 7 nitrogen and oxygen atoms in total. The first-order valence-electron chi connectivity index (χ1n) is 10.7. The summed E-state index contributed by atoms with van der Waals surface area (Å²) in [6.45, 7) is 5.70. The Bertz CT molecular complexity index is 755. The molecule has 3 aliphatic rings. The van der Waals surface area contributed by atoms with Crippen molar-refractivity contribution in [2.24, 2.45) is 5.92 Å². The molecule has 156 valence electrons. The zero-order chi connectivity index (χ0) is 20.1. The van der Waals surface area contributed by atoms with Gasteiger partial charge in [-0.2, -0.15) is 5.26 Å². The first-order valence-corrected chi connectivity index (χ1v) is 10.7. The third-order valence-electron chi connectivity index (χ3n) is 6.10. The van der Waals surface area contributed by atoms with E-state index in [-0.39, 0.29) is 12.2 Å². The number of ether oxygens (including phenoxy) is 3. The van der Waals surface area contributed by atoms with Gasteiger partial charge in [0.05, 0.1) is 18.2 Å². The van der Waals surface area contributed by atoms with Gasteiger partial charge in [0.2, 0.25) is 0 Å². The summed E-state index contributed by atoms with van der Waals surface area (Å²) < 4.78 is 16.9. The highest BCUT2D eigenvalue weighted by molar-refractivity contribution is 5.69. The molecule has 3 heterocycles. The van der Waals surface area contributed by atoms with Crippen LogP contribution in [0.5, 0.6) is 11.5 Å². The van der Waals surface area contributed by atoms with Gasteiger partial charge in [-0.15, -0.1) is 0 Å². The normalized spacial score (nSPS) is 22.4. The molecule has 0 aliphatic carbocycles. The van der Waals surface area contributed by atoms with Gasteiger partial charge in [-0.25, -0.2) is 4.79 Å². The second-order valence-electron chi connectivity index (χ2n) is 8.17. The monoisotopic (exact) mass is 399 g/mol. The van der Waals surface area contributed by atoms with Gasteiger partial charge in [0.25, 0.3) is 0 Å². The SMILES string of the molecule is N#Cc1ccc2c(c1)O[C@@H](CN1CCC(CCCCN3CCOC3=O)CC1)CO2. The van der Waals surface area contributed by atoms with E-state index in [0.29, 0.717) is 24.5 Å². The molecule has 2 fully saturated rings. The number of hydrogen-bond donors (Lipinski definition) is 0.